The molecule has 0 aliphatic carbocycles. The molecule has 0 atom stereocenters. The molecule has 198 valence electrons. The molecule has 0 aromatic heterocycles. The van der Waals surface area contributed by atoms with Gasteiger partial charge in [-0.15, -0.1) is 0 Å². The summed E-state index contributed by atoms with van der Waals surface area (Å²) in [6, 6.07) is 20.1. The molecule has 0 heterocycles. The van der Waals surface area contributed by atoms with Crippen molar-refractivity contribution in [2.45, 2.75) is 60.8 Å². The highest BCUT2D eigenvalue weighted by atomic mass is 28.4. The quantitative estimate of drug-likeness (QED) is 0.271. The summed E-state index contributed by atoms with van der Waals surface area (Å²) in [6.07, 6.45) is 2.89. The van der Waals surface area contributed by atoms with Gasteiger partial charge >= 0.3 is 17.6 Å². The van der Waals surface area contributed by atoms with Crippen LogP contribution < -0.4 is 10.4 Å². The van der Waals surface area contributed by atoms with Gasteiger partial charge in [0.1, 0.15) is 0 Å². The summed E-state index contributed by atoms with van der Waals surface area (Å²) >= 11 is 0. The van der Waals surface area contributed by atoms with Gasteiger partial charge in [0.2, 0.25) is 0 Å². The van der Waals surface area contributed by atoms with Crippen LogP contribution in [0.4, 0.5) is 0 Å². The number of hydrogen-bond donors (Lipinski definition) is 0. The Bertz CT molecular complexity index is 709. The average molecular weight is 523 g/mol. The predicted octanol–water partition coefficient (Wildman–Crippen LogP) is 5.05. The van der Waals surface area contributed by atoms with Crippen LogP contribution in [0.25, 0.3) is 0 Å². The molecule has 0 bridgehead atoms. The highest BCUT2D eigenvalue weighted by Gasteiger charge is 2.44. The normalized spacial score (nSPS) is 11.7. The fraction of sp³-hybridized carbons (Fsp3) is 0.556. The van der Waals surface area contributed by atoms with E-state index in [0.29, 0.717) is 39.6 Å². The van der Waals surface area contributed by atoms with Gasteiger partial charge in [-0.3, -0.25) is 0 Å². The molecule has 0 unspecified atom stereocenters. The van der Waals surface area contributed by atoms with Gasteiger partial charge in [0, 0.05) is 50.0 Å². The van der Waals surface area contributed by atoms with E-state index >= 15 is 0 Å². The summed E-state index contributed by atoms with van der Waals surface area (Å²) in [7, 11) is -5.41. The molecule has 0 N–H and O–H groups in total. The zero-order valence-corrected chi connectivity index (χ0v) is 24.6. The van der Waals surface area contributed by atoms with E-state index in [9.17, 15) is 0 Å². The minimum atomic E-state index is -2.73. The van der Waals surface area contributed by atoms with Gasteiger partial charge in [-0.25, -0.2) is 0 Å². The Morgan fingerprint density at radius 2 is 0.714 bits per heavy atom. The van der Waals surface area contributed by atoms with E-state index in [4.69, 9.17) is 26.6 Å². The summed E-state index contributed by atoms with van der Waals surface area (Å²) < 4.78 is 35.6. The van der Waals surface area contributed by atoms with Gasteiger partial charge < -0.3 is 26.6 Å². The van der Waals surface area contributed by atoms with Crippen molar-refractivity contribution in [3.05, 3.63) is 60.7 Å². The third-order valence-electron chi connectivity index (χ3n) is 4.75. The van der Waals surface area contributed by atoms with Crippen LogP contribution >= 0.6 is 0 Å². The molecule has 6 nitrogen and oxygen atoms in total. The molecule has 35 heavy (non-hydrogen) atoms. The zero-order valence-electron chi connectivity index (χ0n) is 22.6. The first-order valence-electron chi connectivity index (χ1n) is 13.0. The Kier molecular flexibility index (Phi) is 17.0. The molecular formula is C27H46O6Si2. The van der Waals surface area contributed by atoms with E-state index in [1.807, 2.05) is 81.4 Å². The summed E-state index contributed by atoms with van der Waals surface area (Å²) in [4.78, 5) is 0. The van der Waals surface area contributed by atoms with Crippen LogP contribution in [0.1, 0.15) is 60.8 Å². The van der Waals surface area contributed by atoms with Gasteiger partial charge in [-0.1, -0.05) is 81.4 Å². The third-order valence-corrected chi connectivity index (χ3v) is 10.6. The molecule has 0 saturated carbocycles. The lowest BCUT2D eigenvalue weighted by Crippen LogP contribution is -2.57. The van der Waals surface area contributed by atoms with Crippen molar-refractivity contribution in [3.8, 4) is 0 Å². The van der Waals surface area contributed by atoms with Crippen LogP contribution in [-0.4, -0.2) is 57.3 Å². The van der Waals surface area contributed by atoms with E-state index in [1.54, 1.807) is 0 Å². The molecule has 2 aromatic rings. The Labute approximate surface area is 215 Å². The molecule has 0 aliphatic rings. The predicted molar refractivity (Wildman–Crippen MR) is 147 cm³/mol. The second-order valence-corrected chi connectivity index (χ2v) is 12.8. The first kappa shape index (κ1) is 31.7. The minimum Gasteiger partial charge on any atom is -0.370 e. The lowest BCUT2D eigenvalue weighted by molar-refractivity contribution is 0.0731. The lowest BCUT2D eigenvalue weighted by atomic mass is 10.4. The van der Waals surface area contributed by atoms with Crippen LogP contribution in [0.5, 0.6) is 0 Å². The molecule has 0 fully saturated rings. The van der Waals surface area contributed by atoms with Crippen LogP contribution in [-0.2, 0) is 26.6 Å². The van der Waals surface area contributed by atoms with E-state index in [0.717, 1.165) is 29.6 Å². The topological polar surface area (TPSA) is 55.4 Å². The molecule has 2 aromatic carbocycles. The standard InChI is InChI=1S/C15H26O3Si.C12H20O3Si/c1-4-12-16-19(17-13-5-2,18-14-6-3)15-10-8-7-9-11-15;1-4-13-16(14-5-2,15-6-3)12-10-8-7-9-11-12/h7-11H,4-6,12-14H2,1-3H3;7-11H,4-6H2,1-3H3. The van der Waals surface area contributed by atoms with Gasteiger partial charge in [-0.2, -0.15) is 0 Å². The Morgan fingerprint density at radius 1 is 0.429 bits per heavy atom. The van der Waals surface area contributed by atoms with E-state index in [2.05, 4.69) is 20.8 Å². The maximum Gasteiger partial charge on any atom is 0.537 e. The minimum absolute atomic E-state index is 0.598. The molecule has 0 radical (unpaired) electrons. The van der Waals surface area contributed by atoms with Crippen LogP contribution in [0.15, 0.2) is 60.7 Å². The summed E-state index contributed by atoms with van der Waals surface area (Å²) in [5.41, 5.74) is 0. The Hall–Kier alpha value is -1.37. The molecule has 0 amide bonds. The molecule has 0 aliphatic heterocycles. The van der Waals surface area contributed by atoms with Crippen molar-refractivity contribution in [1.82, 2.24) is 0 Å². The van der Waals surface area contributed by atoms with E-state index in [-0.39, 0.29) is 0 Å². The summed E-state index contributed by atoms with van der Waals surface area (Å²) in [5.74, 6) is 0. The monoisotopic (exact) mass is 522 g/mol. The summed E-state index contributed by atoms with van der Waals surface area (Å²) in [6.45, 7) is 16.0. The van der Waals surface area contributed by atoms with Gasteiger partial charge in [-0.05, 0) is 40.0 Å². The molecule has 2 rings (SSSR count). The van der Waals surface area contributed by atoms with Gasteiger partial charge in [0.05, 0.1) is 0 Å². The van der Waals surface area contributed by atoms with Gasteiger partial charge in [0.15, 0.2) is 0 Å². The number of benzene rings is 2. The lowest BCUT2D eigenvalue weighted by Gasteiger charge is -2.29. The molecule has 0 spiro atoms. The molecular weight excluding hydrogens is 476 g/mol. The Balaban J connectivity index is 0.000000355. The zero-order chi connectivity index (χ0) is 25.8. The third kappa shape index (κ3) is 10.6. The van der Waals surface area contributed by atoms with Crippen molar-refractivity contribution in [2.24, 2.45) is 0 Å². The van der Waals surface area contributed by atoms with E-state index in [1.165, 1.54) is 0 Å². The number of hydrogen-bond acceptors (Lipinski definition) is 6. The van der Waals surface area contributed by atoms with Crippen LogP contribution in [0, 0.1) is 0 Å². The fourth-order valence-electron chi connectivity index (χ4n) is 3.31. The Morgan fingerprint density at radius 3 is 0.971 bits per heavy atom. The highest BCUT2D eigenvalue weighted by molar-refractivity contribution is 6.75. The average Bonchev–Trinajstić information content (AvgIpc) is 2.90. The van der Waals surface area contributed by atoms with Crippen molar-refractivity contribution in [1.29, 1.82) is 0 Å². The van der Waals surface area contributed by atoms with Crippen molar-refractivity contribution in [3.63, 3.8) is 0 Å². The highest BCUT2D eigenvalue weighted by Crippen LogP contribution is 2.13. The first-order chi connectivity index (χ1) is 17.1. The second kappa shape index (κ2) is 18.8. The molecule has 8 heteroatoms. The van der Waals surface area contributed by atoms with Crippen molar-refractivity contribution in [2.75, 3.05) is 39.6 Å². The van der Waals surface area contributed by atoms with Crippen molar-refractivity contribution >= 4 is 28.0 Å². The maximum absolute atomic E-state index is 6.06. The van der Waals surface area contributed by atoms with Crippen LogP contribution in [0.2, 0.25) is 0 Å². The number of rotatable bonds is 17. The first-order valence-corrected chi connectivity index (χ1v) is 16.5. The maximum atomic E-state index is 6.06. The second-order valence-electron chi connectivity index (χ2n) is 7.69. The summed E-state index contributed by atoms with van der Waals surface area (Å²) in [5, 5.41) is 2.09. The smallest absolute Gasteiger partial charge is 0.370 e. The van der Waals surface area contributed by atoms with Crippen molar-refractivity contribution < 1.29 is 26.6 Å². The van der Waals surface area contributed by atoms with Gasteiger partial charge in [0.25, 0.3) is 0 Å². The SMILES string of the molecule is CCCO[Si](OCCC)(OCCC)c1ccccc1.CCO[Si](OCC)(OCC)c1ccccc1. The largest absolute Gasteiger partial charge is 0.537 e. The van der Waals surface area contributed by atoms with E-state index < -0.39 is 17.6 Å². The molecule has 0 saturated heterocycles. The fourth-order valence-corrected chi connectivity index (χ4v) is 8.57. The van der Waals surface area contributed by atoms with Crippen LogP contribution in [0.3, 0.4) is 0 Å².